The van der Waals surface area contributed by atoms with Crippen LogP contribution in [0, 0.1) is 0 Å². The molecule has 2 heterocycles. The standard InChI is InChI=1S/C15H18N4O/c16-13-4-2-1-3-12(13)15(20)19-9-5-11(6-10-19)14-17-7-8-18-14/h1-4,7-8,11H,5-6,9-10,16H2,(H,17,18). The molecule has 1 aromatic heterocycles. The van der Waals surface area contributed by atoms with Crippen LogP contribution in [0.4, 0.5) is 5.69 Å². The van der Waals surface area contributed by atoms with E-state index in [1.54, 1.807) is 18.3 Å². The van der Waals surface area contributed by atoms with Gasteiger partial charge in [-0.15, -0.1) is 0 Å². The van der Waals surface area contributed by atoms with Crippen molar-refractivity contribution in [3.8, 4) is 0 Å². The number of piperidine rings is 1. The average Bonchev–Trinajstić information content (AvgIpc) is 3.01. The number of carbonyl (C=O) groups is 1. The number of hydrogen-bond donors (Lipinski definition) is 2. The van der Waals surface area contributed by atoms with E-state index in [9.17, 15) is 4.79 Å². The molecule has 1 saturated heterocycles. The van der Waals surface area contributed by atoms with Gasteiger partial charge in [-0.2, -0.15) is 0 Å². The third-order valence-electron chi connectivity index (χ3n) is 3.88. The third-order valence-corrected chi connectivity index (χ3v) is 3.88. The van der Waals surface area contributed by atoms with Gasteiger partial charge in [-0.05, 0) is 25.0 Å². The molecule has 20 heavy (non-hydrogen) atoms. The van der Waals surface area contributed by atoms with Crippen LogP contribution in [0.5, 0.6) is 0 Å². The zero-order valence-corrected chi connectivity index (χ0v) is 11.2. The van der Waals surface area contributed by atoms with Crippen molar-refractivity contribution in [1.82, 2.24) is 14.9 Å². The number of H-pyrrole nitrogens is 1. The highest BCUT2D eigenvalue weighted by atomic mass is 16.2. The second-order valence-corrected chi connectivity index (χ2v) is 5.13. The van der Waals surface area contributed by atoms with Crippen LogP contribution in [0.3, 0.4) is 0 Å². The Hall–Kier alpha value is -2.30. The van der Waals surface area contributed by atoms with E-state index in [0.29, 0.717) is 17.2 Å². The van der Waals surface area contributed by atoms with Crippen LogP contribution in [0.25, 0.3) is 0 Å². The Bertz CT molecular complexity index is 586. The molecule has 0 bridgehead atoms. The Kier molecular flexibility index (Phi) is 3.41. The van der Waals surface area contributed by atoms with E-state index in [1.165, 1.54) is 0 Å². The van der Waals surface area contributed by atoms with Crippen LogP contribution in [0.2, 0.25) is 0 Å². The molecule has 104 valence electrons. The molecule has 5 nitrogen and oxygen atoms in total. The SMILES string of the molecule is Nc1ccccc1C(=O)N1CCC(c2ncc[nH]2)CC1. The molecule has 1 aromatic carbocycles. The average molecular weight is 270 g/mol. The van der Waals surface area contributed by atoms with Crippen molar-refractivity contribution in [2.24, 2.45) is 0 Å². The van der Waals surface area contributed by atoms with Crippen LogP contribution in [0.1, 0.15) is 34.9 Å². The lowest BCUT2D eigenvalue weighted by Gasteiger charge is -2.31. The number of carbonyl (C=O) groups excluding carboxylic acids is 1. The van der Waals surface area contributed by atoms with Gasteiger partial charge in [-0.3, -0.25) is 4.79 Å². The van der Waals surface area contributed by atoms with Gasteiger partial charge in [0, 0.05) is 37.1 Å². The zero-order valence-electron chi connectivity index (χ0n) is 11.2. The van der Waals surface area contributed by atoms with E-state index in [2.05, 4.69) is 9.97 Å². The second-order valence-electron chi connectivity index (χ2n) is 5.13. The first kappa shape index (κ1) is 12.7. The Balaban J connectivity index is 1.66. The number of nitrogens with zero attached hydrogens (tertiary/aromatic N) is 2. The number of benzene rings is 1. The number of aromatic amines is 1. The van der Waals surface area contributed by atoms with E-state index in [0.717, 1.165) is 31.8 Å². The number of para-hydroxylation sites is 1. The number of rotatable bonds is 2. The summed E-state index contributed by atoms with van der Waals surface area (Å²) in [5, 5.41) is 0. The molecule has 1 fully saturated rings. The second kappa shape index (κ2) is 5.36. The van der Waals surface area contributed by atoms with Crippen molar-refractivity contribution in [2.45, 2.75) is 18.8 Å². The fourth-order valence-electron chi connectivity index (χ4n) is 2.72. The fourth-order valence-corrected chi connectivity index (χ4v) is 2.72. The van der Waals surface area contributed by atoms with Crippen molar-refractivity contribution in [1.29, 1.82) is 0 Å². The summed E-state index contributed by atoms with van der Waals surface area (Å²) in [6, 6.07) is 7.24. The molecule has 0 radical (unpaired) electrons. The first-order chi connectivity index (χ1) is 9.75. The summed E-state index contributed by atoms with van der Waals surface area (Å²) in [5.41, 5.74) is 7.02. The van der Waals surface area contributed by atoms with E-state index >= 15 is 0 Å². The lowest BCUT2D eigenvalue weighted by molar-refractivity contribution is 0.0712. The minimum absolute atomic E-state index is 0.0287. The molecule has 0 unspecified atom stereocenters. The molecular weight excluding hydrogens is 252 g/mol. The summed E-state index contributed by atoms with van der Waals surface area (Å²) in [4.78, 5) is 21.8. The minimum Gasteiger partial charge on any atom is -0.398 e. The molecule has 0 aliphatic carbocycles. The topological polar surface area (TPSA) is 75.0 Å². The fraction of sp³-hybridized carbons (Fsp3) is 0.333. The number of nitrogens with one attached hydrogen (secondary N) is 1. The Morgan fingerprint density at radius 2 is 2.05 bits per heavy atom. The van der Waals surface area contributed by atoms with E-state index in [1.807, 2.05) is 23.2 Å². The number of imidazole rings is 1. The van der Waals surface area contributed by atoms with Gasteiger partial charge in [-0.1, -0.05) is 12.1 Å². The summed E-state index contributed by atoms with van der Waals surface area (Å²) in [6.07, 6.45) is 5.49. The summed E-state index contributed by atoms with van der Waals surface area (Å²) in [6.45, 7) is 1.50. The normalized spacial score (nSPS) is 16.3. The van der Waals surface area contributed by atoms with Crippen LogP contribution >= 0.6 is 0 Å². The quantitative estimate of drug-likeness (QED) is 0.820. The molecule has 0 saturated carbocycles. The van der Waals surface area contributed by atoms with Gasteiger partial charge < -0.3 is 15.6 Å². The van der Waals surface area contributed by atoms with Crippen LogP contribution in [-0.2, 0) is 0 Å². The van der Waals surface area contributed by atoms with Gasteiger partial charge >= 0.3 is 0 Å². The summed E-state index contributed by atoms with van der Waals surface area (Å²) < 4.78 is 0. The molecule has 0 atom stereocenters. The number of amides is 1. The number of hydrogen-bond acceptors (Lipinski definition) is 3. The number of anilines is 1. The highest BCUT2D eigenvalue weighted by molar-refractivity contribution is 5.99. The van der Waals surface area contributed by atoms with Crippen molar-refractivity contribution < 1.29 is 4.79 Å². The molecule has 1 aliphatic heterocycles. The lowest BCUT2D eigenvalue weighted by atomic mass is 9.95. The van der Waals surface area contributed by atoms with Gasteiger partial charge in [0.15, 0.2) is 0 Å². The molecule has 1 amide bonds. The number of nitrogen functional groups attached to an aromatic ring is 1. The largest absolute Gasteiger partial charge is 0.398 e. The van der Waals surface area contributed by atoms with Crippen LogP contribution in [-0.4, -0.2) is 33.9 Å². The molecule has 5 heteroatoms. The van der Waals surface area contributed by atoms with Crippen molar-refractivity contribution >= 4 is 11.6 Å². The number of nitrogens with two attached hydrogens (primary N) is 1. The van der Waals surface area contributed by atoms with E-state index in [-0.39, 0.29) is 5.91 Å². The summed E-state index contributed by atoms with van der Waals surface area (Å²) >= 11 is 0. The van der Waals surface area contributed by atoms with Gasteiger partial charge in [0.2, 0.25) is 0 Å². The van der Waals surface area contributed by atoms with Gasteiger partial charge in [0.05, 0.1) is 5.56 Å². The lowest BCUT2D eigenvalue weighted by Crippen LogP contribution is -2.38. The molecule has 3 N–H and O–H groups in total. The molecule has 1 aliphatic rings. The van der Waals surface area contributed by atoms with Gasteiger partial charge in [0.25, 0.3) is 5.91 Å². The van der Waals surface area contributed by atoms with Crippen molar-refractivity contribution in [2.75, 3.05) is 18.8 Å². The minimum atomic E-state index is 0.0287. The van der Waals surface area contributed by atoms with Crippen molar-refractivity contribution in [3.63, 3.8) is 0 Å². The van der Waals surface area contributed by atoms with Gasteiger partial charge in [-0.25, -0.2) is 4.98 Å². The summed E-state index contributed by atoms with van der Waals surface area (Å²) in [7, 11) is 0. The van der Waals surface area contributed by atoms with Gasteiger partial charge in [0.1, 0.15) is 5.82 Å². The maximum Gasteiger partial charge on any atom is 0.255 e. The molecule has 3 rings (SSSR count). The monoisotopic (exact) mass is 270 g/mol. The predicted octanol–water partition coefficient (Wildman–Crippen LogP) is 2.01. The van der Waals surface area contributed by atoms with Crippen LogP contribution < -0.4 is 5.73 Å². The van der Waals surface area contributed by atoms with E-state index < -0.39 is 0 Å². The van der Waals surface area contributed by atoms with Crippen molar-refractivity contribution in [3.05, 3.63) is 48.0 Å². The third kappa shape index (κ3) is 2.39. The molecular formula is C15H18N4O. The number of likely N-dealkylation sites (tertiary alicyclic amines) is 1. The van der Waals surface area contributed by atoms with E-state index in [4.69, 9.17) is 5.73 Å². The first-order valence-corrected chi connectivity index (χ1v) is 6.89. The molecule has 2 aromatic rings. The maximum absolute atomic E-state index is 12.4. The summed E-state index contributed by atoms with van der Waals surface area (Å²) in [5.74, 6) is 1.47. The molecule has 0 spiro atoms. The zero-order chi connectivity index (χ0) is 13.9. The Morgan fingerprint density at radius 3 is 2.70 bits per heavy atom. The number of aromatic nitrogens is 2. The smallest absolute Gasteiger partial charge is 0.255 e. The van der Waals surface area contributed by atoms with Crippen LogP contribution in [0.15, 0.2) is 36.7 Å². The first-order valence-electron chi connectivity index (χ1n) is 6.89. The highest BCUT2D eigenvalue weighted by Gasteiger charge is 2.26. The maximum atomic E-state index is 12.4. The Morgan fingerprint density at radius 1 is 1.30 bits per heavy atom. The highest BCUT2D eigenvalue weighted by Crippen LogP contribution is 2.26. The predicted molar refractivity (Wildman–Crippen MR) is 77.3 cm³/mol. The Labute approximate surface area is 117 Å².